The van der Waals surface area contributed by atoms with E-state index in [1.807, 2.05) is 23.6 Å². The number of aromatic nitrogens is 2. The molecule has 7 heteroatoms. The molecule has 2 heterocycles. The molecule has 134 valence electrons. The molecule has 27 heavy (non-hydrogen) atoms. The Bertz CT molecular complexity index is 1060. The van der Waals surface area contributed by atoms with Crippen molar-refractivity contribution in [1.29, 1.82) is 5.26 Å². The predicted molar refractivity (Wildman–Crippen MR) is 104 cm³/mol. The number of rotatable bonds is 3. The second kappa shape index (κ2) is 6.41. The molecule has 1 atom stereocenters. The lowest BCUT2D eigenvalue weighted by Gasteiger charge is -2.25. The fourth-order valence-corrected chi connectivity index (χ4v) is 3.95. The van der Waals surface area contributed by atoms with Gasteiger partial charge in [-0.15, -0.1) is 0 Å². The van der Waals surface area contributed by atoms with Gasteiger partial charge in [0.05, 0.1) is 17.3 Å². The molecule has 1 amide bonds. The van der Waals surface area contributed by atoms with E-state index in [0.29, 0.717) is 33.7 Å². The molecular formula is C20H14Cl2N4O. The van der Waals surface area contributed by atoms with Crippen molar-refractivity contribution in [3.05, 3.63) is 76.0 Å². The Hall–Kier alpha value is -2.81. The number of imidazole rings is 1. The van der Waals surface area contributed by atoms with Crippen LogP contribution in [0.15, 0.2) is 54.9 Å². The van der Waals surface area contributed by atoms with Crippen LogP contribution < -0.4 is 4.90 Å². The van der Waals surface area contributed by atoms with Crippen molar-refractivity contribution in [3.8, 4) is 6.07 Å². The average molecular weight is 397 g/mol. The summed E-state index contributed by atoms with van der Waals surface area (Å²) in [6.45, 7) is 1.88. The SMILES string of the molecule is C[C@@]1(Cc2ccc(C#N)cc2)C(=O)N(c2cc(Cl)cc(Cl)c2)c2nccn21. The van der Waals surface area contributed by atoms with E-state index in [1.54, 1.807) is 47.6 Å². The molecule has 0 bridgehead atoms. The molecule has 1 aliphatic heterocycles. The van der Waals surface area contributed by atoms with Crippen LogP contribution in [0.5, 0.6) is 0 Å². The van der Waals surface area contributed by atoms with Gasteiger partial charge < -0.3 is 4.57 Å². The second-order valence-corrected chi connectivity index (χ2v) is 7.50. The number of anilines is 2. The van der Waals surface area contributed by atoms with Crippen LogP contribution in [0.4, 0.5) is 11.6 Å². The van der Waals surface area contributed by atoms with E-state index in [4.69, 9.17) is 28.5 Å². The minimum absolute atomic E-state index is 0.117. The number of halogens is 2. The molecule has 4 rings (SSSR count). The van der Waals surface area contributed by atoms with E-state index in [9.17, 15) is 4.79 Å². The summed E-state index contributed by atoms with van der Waals surface area (Å²) >= 11 is 12.3. The second-order valence-electron chi connectivity index (χ2n) is 6.62. The molecule has 0 fully saturated rings. The molecule has 1 aliphatic rings. The fourth-order valence-electron chi connectivity index (χ4n) is 3.44. The molecule has 0 aliphatic carbocycles. The normalized spacial score (nSPS) is 18.4. The van der Waals surface area contributed by atoms with Crippen LogP contribution in [0.1, 0.15) is 18.1 Å². The molecule has 1 aromatic heterocycles. The van der Waals surface area contributed by atoms with Crippen LogP contribution in [-0.4, -0.2) is 15.5 Å². The van der Waals surface area contributed by atoms with Crippen LogP contribution in [0.3, 0.4) is 0 Å². The number of nitriles is 1. The topological polar surface area (TPSA) is 61.9 Å². The number of amides is 1. The van der Waals surface area contributed by atoms with Crippen LogP contribution in [-0.2, 0) is 16.8 Å². The highest BCUT2D eigenvalue weighted by Crippen LogP contribution is 2.42. The summed E-state index contributed by atoms with van der Waals surface area (Å²) in [5.41, 5.74) is 1.26. The first-order valence-electron chi connectivity index (χ1n) is 8.26. The van der Waals surface area contributed by atoms with Crippen molar-refractivity contribution in [3.63, 3.8) is 0 Å². The summed E-state index contributed by atoms with van der Waals surface area (Å²) in [7, 11) is 0. The third-order valence-corrected chi connectivity index (χ3v) is 5.19. The maximum atomic E-state index is 13.4. The fraction of sp³-hybridized carbons (Fsp3) is 0.150. The highest BCUT2D eigenvalue weighted by Gasteiger charge is 2.48. The number of nitrogens with zero attached hydrogens (tertiary/aromatic N) is 4. The molecular weight excluding hydrogens is 383 g/mol. The van der Waals surface area contributed by atoms with Gasteiger partial charge in [-0.2, -0.15) is 5.26 Å². The van der Waals surface area contributed by atoms with E-state index in [1.165, 1.54) is 0 Å². The van der Waals surface area contributed by atoms with E-state index >= 15 is 0 Å². The number of carbonyl (C=O) groups excluding carboxylic acids is 1. The lowest BCUT2D eigenvalue weighted by atomic mass is 9.91. The van der Waals surface area contributed by atoms with E-state index in [-0.39, 0.29) is 5.91 Å². The minimum Gasteiger partial charge on any atom is -0.301 e. The van der Waals surface area contributed by atoms with Crippen LogP contribution in [0.25, 0.3) is 0 Å². The van der Waals surface area contributed by atoms with Gasteiger partial charge in [-0.25, -0.2) is 9.88 Å². The molecule has 3 aromatic rings. The monoisotopic (exact) mass is 396 g/mol. The highest BCUT2D eigenvalue weighted by atomic mass is 35.5. The zero-order valence-corrected chi connectivity index (χ0v) is 15.9. The highest BCUT2D eigenvalue weighted by molar-refractivity contribution is 6.35. The maximum Gasteiger partial charge on any atom is 0.260 e. The predicted octanol–water partition coefficient (Wildman–Crippen LogP) is 4.70. The Morgan fingerprint density at radius 1 is 1.15 bits per heavy atom. The molecule has 0 radical (unpaired) electrons. The van der Waals surface area contributed by atoms with Crippen molar-refractivity contribution in [1.82, 2.24) is 9.55 Å². The summed E-state index contributed by atoms with van der Waals surface area (Å²) in [6.07, 6.45) is 3.92. The number of hydrogen-bond donors (Lipinski definition) is 0. The van der Waals surface area contributed by atoms with Gasteiger partial charge in [0.25, 0.3) is 5.91 Å². The Kier molecular flexibility index (Phi) is 4.18. The van der Waals surface area contributed by atoms with Gasteiger partial charge in [0.15, 0.2) is 0 Å². The third-order valence-electron chi connectivity index (χ3n) is 4.75. The first kappa shape index (κ1) is 17.6. The summed E-state index contributed by atoms with van der Waals surface area (Å²) in [6, 6.07) is 14.3. The summed E-state index contributed by atoms with van der Waals surface area (Å²) < 4.78 is 1.86. The first-order chi connectivity index (χ1) is 12.9. The minimum atomic E-state index is -0.852. The van der Waals surface area contributed by atoms with Crippen molar-refractivity contribution in [2.24, 2.45) is 0 Å². The van der Waals surface area contributed by atoms with Gasteiger partial charge in [0.1, 0.15) is 5.54 Å². The summed E-state index contributed by atoms with van der Waals surface area (Å²) in [5, 5.41) is 9.87. The van der Waals surface area contributed by atoms with Gasteiger partial charge in [0, 0.05) is 28.9 Å². The standard InChI is InChI=1S/C20H14Cl2N4O/c1-20(11-13-2-4-14(12-23)5-3-13)18(27)26(19-24-6-7-25(19)20)17-9-15(21)8-16(22)10-17/h2-10H,11H2,1H3/t20-/m1/s1. The Morgan fingerprint density at radius 2 is 1.81 bits per heavy atom. The van der Waals surface area contributed by atoms with Crippen molar-refractivity contribution in [2.75, 3.05) is 4.90 Å². The Morgan fingerprint density at radius 3 is 2.44 bits per heavy atom. The number of fused-ring (bicyclic) bond motifs is 1. The smallest absolute Gasteiger partial charge is 0.260 e. The quantitative estimate of drug-likeness (QED) is 0.644. The van der Waals surface area contributed by atoms with Crippen molar-refractivity contribution >= 4 is 40.7 Å². The van der Waals surface area contributed by atoms with Gasteiger partial charge in [0.2, 0.25) is 5.95 Å². The van der Waals surface area contributed by atoms with E-state index < -0.39 is 5.54 Å². The van der Waals surface area contributed by atoms with E-state index in [0.717, 1.165) is 5.56 Å². The zero-order valence-electron chi connectivity index (χ0n) is 14.4. The first-order valence-corrected chi connectivity index (χ1v) is 9.01. The molecule has 5 nitrogen and oxygen atoms in total. The Balaban J connectivity index is 1.76. The summed E-state index contributed by atoms with van der Waals surface area (Å²) in [5.74, 6) is 0.405. The number of carbonyl (C=O) groups is 1. The molecule has 0 unspecified atom stereocenters. The lowest BCUT2D eigenvalue weighted by molar-refractivity contribution is -0.123. The number of benzene rings is 2. The molecule has 0 N–H and O–H groups in total. The van der Waals surface area contributed by atoms with Gasteiger partial charge >= 0.3 is 0 Å². The van der Waals surface area contributed by atoms with Crippen LogP contribution in [0, 0.1) is 11.3 Å². The molecule has 2 aromatic carbocycles. The van der Waals surface area contributed by atoms with Crippen LogP contribution in [0.2, 0.25) is 10.0 Å². The van der Waals surface area contributed by atoms with Gasteiger partial charge in [-0.05, 0) is 42.8 Å². The van der Waals surface area contributed by atoms with Crippen molar-refractivity contribution < 1.29 is 4.79 Å². The molecule has 0 saturated carbocycles. The lowest BCUT2D eigenvalue weighted by Crippen LogP contribution is -2.40. The molecule has 0 saturated heterocycles. The van der Waals surface area contributed by atoms with E-state index in [2.05, 4.69) is 11.1 Å². The zero-order chi connectivity index (χ0) is 19.2. The summed E-state index contributed by atoms with van der Waals surface area (Å²) in [4.78, 5) is 19.3. The maximum absolute atomic E-state index is 13.4. The average Bonchev–Trinajstić information content (AvgIpc) is 3.18. The molecule has 0 spiro atoms. The largest absolute Gasteiger partial charge is 0.301 e. The Labute approximate surface area is 166 Å². The van der Waals surface area contributed by atoms with Gasteiger partial charge in [-0.1, -0.05) is 35.3 Å². The van der Waals surface area contributed by atoms with Crippen LogP contribution >= 0.6 is 23.2 Å². The third kappa shape index (κ3) is 2.87. The number of hydrogen-bond acceptors (Lipinski definition) is 3. The van der Waals surface area contributed by atoms with Crippen molar-refractivity contribution in [2.45, 2.75) is 18.9 Å². The van der Waals surface area contributed by atoms with Gasteiger partial charge in [-0.3, -0.25) is 4.79 Å².